The van der Waals surface area contributed by atoms with Crippen LogP contribution in [0, 0.1) is 11.8 Å². The highest BCUT2D eigenvalue weighted by Crippen LogP contribution is 2.40. The predicted octanol–water partition coefficient (Wildman–Crippen LogP) is 4.91. The van der Waals surface area contributed by atoms with Crippen LogP contribution in [0.4, 0.5) is 11.4 Å². The first-order valence-electron chi connectivity index (χ1n) is 11.9. The number of aromatic carboxylic acids is 1. The molecule has 4 rings (SSSR count). The quantitative estimate of drug-likeness (QED) is 0.416. The molecule has 1 atom stereocenters. The summed E-state index contributed by atoms with van der Waals surface area (Å²) < 4.78 is 0. The van der Waals surface area contributed by atoms with E-state index in [0.717, 1.165) is 47.5 Å². The second-order valence-corrected chi connectivity index (χ2v) is 11.2. The Morgan fingerprint density at radius 3 is 2.43 bits per heavy atom. The topological polar surface area (TPSA) is 106 Å². The highest BCUT2D eigenvalue weighted by Gasteiger charge is 2.32. The van der Waals surface area contributed by atoms with Crippen LogP contribution in [0.3, 0.4) is 0 Å². The van der Waals surface area contributed by atoms with Gasteiger partial charge in [-0.3, -0.25) is 4.79 Å². The van der Waals surface area contributed by atoms with Gasteiger partial charge in [0.1, 0.15) is 5.69 Å². The van der Waals surface area contributed by atoms with Crippen molar-refractivity contribution in [3.63, 3.8) is 0 Å². The van der Waals surface area contributed by atoms with Crippen LogP contribution in [0.15, 0.2) is 41.2 Å². The van der Waals surface area contributed by atoms with Gasteiger partial charge in [0.2, 0.25) is 5.91 Å². The number of carbonyl (C=O) groups excluding carboxylic acids is 2. The fourth-order valence-corrected chi connectivity index (χ4v) is 6.09. The molecule has 0 saturated heterocycles. The van der Waals surface area contributed by atoms with Crippen molar-refractivity contribution in [2.75, 3.05) is 10.2 Å². The zero-order valence-corrected chi connectivity index (χ0v) is 21.7. The van der Waals surface area contributed by atoms with Crippen LogP contribution >= 0.6 is 22.7 Å². The number of thiophene rings is 1. The second-order valence-electron chi connectivity index (χ2n) is 9.41. The molecule has 9 heteroatoms. The minimum atomic E-state index is -1.28. The normalized spacial score (nSPS) is 18.9. The number of thiazole rings is 1. The Balaban J connectivity index is 1.58. The Hall–Kier alpha value is -2.75. The summed E-state index contributed by atoms with van der Waals surface area (Å²) >= 11 is 2.52. The van der Waals surface area contributed by atoms with Gasteiger partial charge >= 0.3 is 0 Å². The summed E-state index contributed by atoms with van der Waals surface area (Å²) in [5, 5.41) is 27.1. The fraction of sp³-hybridized carbons (Fsp3) is 0.423. The number of carboxylic acid groups (broad SMARTS) is 1. The average Bonchev–Trinajstić information content (AvgIpc) is 3.51. The number of carbonyl (C=O) groups is 2. The van der Waals surface area contributed by atoms with E-state index >= 15 is 0 Å². The molecule has 1 aliphatic rings. The maximum absolute atomic E-state index is 13.5. The zero-order valence-electron chi connectivity index (χ0n) is 20.1. The third-order valence-corrected chi connectivity index (χ3v) is 8.24. The smallest absolute Gasteiger partial charge is 0.230 e. The van der Waals surface area contributed by atoms with Gasteiger partial charge in [0.15, 0.2) is 6.23 Å². The van der Waals surface area contributed by atoms with E-state index < -0.39 is 12.2 Å². The van der Waals surface area contributed by atoms with E-state index in [9.17, 15) is 19.8 Å². The Morgan fingerprint density at radius 2 is 1.86 bits per heavy atom. The molecule has 35 heavy (non-hydrogen) atoms. The number of hydrogen-bond acceptors (Lipinski definition) is 8. The molecule has 3 aromatic rings. The highest BCUT2D eigenvalue weighted by molar-refractivity contribution is 7.18. The summed E-state index contributed by atoms with van der Waals surface area (Å²) in [7, 11) is 0. The minimum Gasteiger partial charge on any atom is -0.544 e. The van der Waals surface area contributed by atoms with Crippen LogP contribution in [0.5, 0.6) is 0 Å². The summed E-state index contributed by atoms with van der Waals surface area (Å²) in [6, 6.07) is 8.95. The molecule has 1 aromatic carbocycles. The Kier molecular flexibility index (Phi) is 7.88. The molecule has 2 heterocycles. The van der Waals surface area contributed by atoms with Crippen molar-refractivity contribution < 1.29 is 19.8 Å². The molecule has 1 fully saturated rings. The van der Waals surface area contributed by atoms with Crippen molar-refractivity contribution in [3.05, 3.63) is 51.8 Å². The van der Waals surface area contributed by atoms with Gasteiger partial charge in [-0.2, -0.15) is 0 Å². The molecular formula is C26H30N3O4S2-. The van der Waals surface area contributed by atoms with Crippen LogP contribution in [0.25, 0.3) is 10.4 Å². The van der Waals surface area contributed by atoms with E-state index in [4.69, 9.17) is 0 Å². The number of aliphatic hydroxyl groups is 1. The summed E-state index contributed by atoms with van der Waals surface area (Å²) in [5.41, 5.74) is 4.14. The van der Waals surface area contributed by atoms with E-state index in [1.165, 1.54) is 11.3 Å². The third-order valence-electron chi connectivity index (χ3n) is 6.48. The molecule has 1 saturated carbocycles. The number of nitrogens with zero attached hydrogens (tertiary/aromatic N) is 2. The SMILES string of the molecule is CC1CCC(C(=O)N(c2cc(-c3ccc(NC(O)c4cscn4)cc3)sc2C(=O)[O-])C(C)C)CC1. The lowest BCUT2D eigenvalue weighted by molar-refractivity contribution is -0.254. The molecule has 1 amide bonds. The first-order chi connectivity index (χ1) is 16.7. The van der Waals surface area contributed by atoms with Gasteiger partial charge in [0, 0.05) is 27.9 Å². The van der Waals surface area contributed by atoms with Crippen LogP contribution in [-0.4, -0.2) is 28.0 Å². The standard InChI is InChI=1S/C26H31N3O4S2/c1-15(2)29(25(31)18-6-4-16(3)5-7-18)21-12-22(35-23(21)26(32)33)17-8-10-19(11-9-17)28-24(30)20-13-34-14-27-20/h8-16,18,24,28,30H,4-7H2,1-3H3,(H,32,33)/p-1. The molecule has 0 bridgehead atoms. The van der Waals surface area contributed by atoms with E-state index in [1.807, 2.05) is 38.1 Å². The molecule has 1 aliphatic carbocycles. The summed E-state index contributed by atoms with van der Waals surface area (Å²) in [6.07, 6.45) is 2.78. The molecule has 2 aromatic heterocycles. The Labute approximate surface area is 213 Å². The lowest BCUT2D eigenvalue weighted by Gasteiger charge is -2.33. The van der Waals surface area contributed by atoms with Crippen molar-refractivity contribution in [1.29, 1.82) is 0 Å². The van der Waals surface area contributed by atoms with Gasteiger partial charge in [-0.15, -0.1) is 22.7 Å². The Morgan fingerprint density at radius 1 is 1.17 bits per heavy atom. The zero-order chi connectivity index (χ0) is 25.1. The average molecular weight is 513 g/mol. The van der Waals surface area contributed by atoms with Crippen molar-refractivity contribution in [2.45, 2.75) is 58.7 Å². The predicted molar refractivity (Wildman–Crippen MR) is 139 cm³/mol. The van der Waals surface area contributed by atoms with Crippen LogP contribution < -0.4 is 15.3 Å². The van der Waals surface area contributed by atoms with Gasteiger partial charge < -0.3 is 25.2 Å². The van der Waals surface area contributed by atoms with Crippen molar-refractivity contribution >= 4 is 45.9 Å². The molecule has 7 nitrogen and oxygen atoms in total. The minimum absolute atomic E-state index is 0.00525. The first kappa shape index (κ1) is 25.3. The number of hydrogen-bond donors (Lipinski definition) is 2. The summed E-state index contributed by atoms with van der Waals surface area (Å²) in [4.78, 5) is 32.1. The van der Waals surface area contributed by atoms with Crippen molar-refractivity contribution in [3.8, 4) is 10.4 Å². The highest BCUT2D eigenvalue weighted by atomic mass is 32.1. The number of benzene rings is 1. The molecule has 2 N–H and O–H groups in total. The number of anilines is 2. The largest absolute Gasteiger partial charge is 0.544 e. The lowest BCUT2D eigenvalue weighted by Crippen LogP contribution is -2.43. The van der Waals surface area contributed by atoms with Crippen LogP contribution in [0.1, 0.15) is 68.0 Å². The van der Waals surface area contributed by atoms with Gasteiger partial charge in [-0.1, -0.05) is 19.1 Å². The van der Waals surface area contributed by atoms with E-state index in [-0.39, 0.29) is 22.7 Å². The molecule has 186 valence electrons. The number of aromatic nitrogens is 1. The van der Waals surface area contributed by atoms with Gasteiger partial charge in [-0.05, 0) is 69.2 Å². The summed E-state index contributed by atoms with van der Waals surface area (Å²) in [6.45, 7) is 6.03. The molecule has 0 spiro atoms. The fourth-order valence-electron chi connectivity index (χ4n) is 4.52. The molecule has 1 unspecified atom stereocenters. The second kappa shape index (κ2) is 10.9. The third kappa shape index (κ3) is 5.74. The van der Waals surface area contributed by atoms with E-state index in [0.29, 0.717) is 23.0 Å². The van der Waals surface area contributed by atoms with Crippen LogP contribution in [-0.2, 0) is 4.79 Å². The first-order valence-corrected chi connectivity index (χ1v) is 13.6. The molecular weight excluding hydrogens is 482 g/mol. The number of rotatable bonds is 8. The maximum atomic E-state index is 13.5. The van der Waals surface area contributed by atoms with Gasteiger partial charge in [-0.25, -0.2) is 4.98 Å². The van der Waals surface area contributed by atoms with E-state index in [2.05, 4.69) is 17.2 Å². The maximum Gasteiger partial charge on any atom is 0.230 e. The number of nitrogens with one attached hydrogen (secondary N) is 1. The number of amides is 1. The van der Waals surface area contributed by atoms with E-state index in [1.54, 1.807) is 21.9 Å². The molecule has 0 radical (unpaired) electrons. The van der Waals surface area contributed by atoms with Crippen LogP contribution in [0.2, 0.25) is 0 Å². The number of aliphatic hydroxyl groups excluding tert-OH is 1. The van der Waals surface area contributed by atoms with Crippen molar-refractivity contribution in [1.82, 2.24) is 4.98 Å². The lowest BCUT2D eigenvalue weighted by atomic mass is 9.82. The monoisotopic (exact) mass is 512 g/mol. The van der Waals surface area contributed by atoms with Gasteiger partial charge in [0.05, 0.1) is 22.0 Å². The number of carboxylic acids is 1. The molecule has 0 aliphatic heterocycles. The summed E-state index contributed by atoms with van der Waals surface area (Å²) in [5.74, 6) is -0.745. The van der Waals surface area contributed by atoms with Gasteiger partial charge in [0.25, 0.3) is 0 Å². The van der Waals surface area contributed by atoms with Crippen molar-refractivity contribution in [2.24, 2.45) is 11.8 Å². The Bertz CT molecular complexity index is 1150.